The molecular formula is C29H26O2P2. The third-order valence-corrected chi connectivity index (χ3v) is 13.0. The monoisotopic (exact) mass is 468 g/mol. The van der Waals surface area contributed by atoms with Gasteiger partial charge in [-0.1, -0.05) is 121 Å². The summed E-state index contributed by atoms with van der Waals surface area (Å²) in [6.45, 7) is 1.98. The zero-order valence-corrected chi connectivity index (χ0v) is 20.2. The third-order valence-electron chi connectivity index (χ3n) is 6.57. The lowest BCUT2D eigenvalue weighted by Crippen LogP contribution is -2.22. The summed E-state index contributed by atoms with van der Waals surface area (Å²) in [4.78, 5) is 12.9. The Morgan fingerprint density at radius 2 is 0.818 bits per heavy atom. The summed E-state index contributed by atoms with van der Waals surface area (Å²) in [5.41, 5.74) is -0.669. The fourth-order valence-corrected chi connectivity index (χ4v) is 12.2. The van der Waals surface area contributed by atoms with Gasteiger partial charge >= 0.3 is 5.97 Å². The number of benzene rings is 4. The van der Waals surface area contributed by atoms with Crippen molar-refractivity contribution in [3.63, 3.8) is 0 Å². The van der Waals surface area contributed by atoms with Gasteiger partial charge in [-0.15, -0.1) is 0 Å². The molecular weight excluding hydrogens is 442 g/mol. The molecule has 0 heterocycles. The fourth-order valence-electron chi connectivity index (χ4n) is 4.83. The topological polar surface area (TPSA) is 37.3 Å². The van der Waals surface area contributed by atoms with Crippen LogP contribution in [-0.4, -0.2) is 22.4 Å². The van der Waals surface area contributed by atoms with Gasteiger partial charge < -0.3 is 5.11 Å². The van der Waals surface area contributed by atoms with Crippen LogP contribution in [0.1, 0.15) is 6.92 Å². The predicted molar refractivity (Wildman–Crippen MR) is 141 cm³/mol. The molecule has 0 saturated heterocycles. The first-order chi connectivity index (χ1) is 16.1. The first kappa shape index (κ1) is 22.0. The molecule has 0 spiro atoms. The highest BCUT2D eigenvalue weighted by molar-refractivity contribution is 7.78. The second kappa shape index (κ2) is 9.22. The average molecular weight is 468 g/mol. The van der Waals surface area contributed by atoms with Crippen LogP contribution < -0.4 is 21.2 Å². The van der Waals surface area contributed by atoms with Crippen molar-refractivity contribution in [1.82, 2.24) is 0 Å². The maximum Gasteiger partial charge on any atom is 0.310 e. The summed E-state index contributed by atoms with van der Waals surface area (Å²) >= 11 is 0. The zero-order valence-electron chi connectivity index (χ0n) is 18.5. The Morgan fingerprint density at radius 1 is 0.576 bits per heavy atom. The second-order valence-electron chi connectivity index (χ2n) is 8.56. The summed E-state index contributed by atoms with van der Waals surface area (Å²) in [6.07, 6.45) is 0. The van der Waals surface area contributed by atoms with E-state index in [0.29, 0.717) is 0 Å². The van der Waals surface area contributed by atoms with Crippen molar-refractivity contribution in [2.24, 2.45) is 5.41 Å². The molecule has 2 atom stereocenters. The molecule has 4 heteroatoms. The SMILES string of the molecule is CC1(C(=O)O)[C@@H](P(c2ccccc2)c2ccccc2)[C@@H]1P(c1ccccc1)c1ccccc1. The Labute approximate surface area is 197 Å². The molecule has 1 N–H and O–H groups in total. The molecule has 1 fully saturated rings. The zero-order chi connectivity index (χ0) is 22.8. The van der Waals surface area contributed by atoms with E-state index in [1.807, 2.05) is 31.2 Å². The van der Waals surface area contributed by atoms with Crippen LogP contribution in [0.25, 0.3) is 0 Å². The number of carbonyl (C=O) groups is 1. The Balaban J connectivity index is 1.68. The lowest BCUT2D eigenvalue weighted by atomic mass is 10.1. The molecule has 1 aliphatic rings. The molecule has 4 aromatic carbocycles. The van der Waals surface area contributed by atoms with Gasteiger partial charge in [0.2, 0.25) is 0 Å². The maximum atomic E-state index is 12.9. The molecule has 0 bridgehead atoms. The van der Waals surface area contributed by atoms with E-state index in [2.05, 4.69) is 97.1 Å². The van der Waals surface area contributed by atoms with Crippen molar-refractivity contribution >= 4 is 43.0 Å². The lowest BCUT2D eigenvalue weighted by Gasteiger charge is -2.23. The number of hydrogen-bond acceptors (Lipinski definition) is 1. The first-order valence-electron chi connectivity index (χ1n) is 11.1. The van der Waals surface area contributed by atoms with E-state index in [0.717, 1.165) is 0 Å². The van der Waals surface area contributed by atoms with Crippen molar-refractivity contribution in [2.75, 3.05) is 0 Å². The van der Waals surface area contributed by atoms with E-state index in [-0.39, 0.29) is 11.3 Å². The first-order valence-corrected chi connectivity index (χ1v) is 14.0. The van der Waals surface area contributed by atoms with Crippen LogP contribution in [0.2, 0.25) is 0 Å². The van der Waals surface area contributed by atoms with Crippen LogP contribution in [0, 0.1) is 5.41 Å². The van der Waals surface area contributed by atoms with Crippen molar-refractivity contribution in [1.29, 1.82) is 0 Å². The number of carboxylic acid groups (broad SMARTS) is 1. The van der Waals surface area contributed by atoms with Gasteiger partial charge in [-0.3, -0.25) is 4.79 Å². The molecule has 1 saturated carbocycles. The highest BCUT2D eigenvalue weighted by Gasteiger charge is 2.72. The molecule has 5 rings (SSSR count). The highest BCUT2D eigenvalue weighted by atomic mass is 31.1. The van der Waals surface area contributed by atoms with Crippen molar-refractivity contribution in [3.8, 4) is 0 Å². The van der Waals surface area contributed by atoms with Crippen molar-refractivity contribution in [2.45, 2.75) is 18.2 Å². The average Bonchev–Trinajstić information content (AvgIpc) is 3.47. The molecule has 164 valence electrons. The Hall–Kier alpha value is -2.79. The molecule has 1 aliphatic carbocycles. The number of carboxylic acids is 1. The summed E-state index contributed by atoms with van der Waals surface area (Å²) in [6, 6.07) is 42.0. The molecule has 0 radical (unpaired) electrons. The summed E-state index contributed by atoms with van der Waals surface area (Å²) in [5.74, 6) is -0.684. The Kier molecular flexibility index (Phi) is 6.15. The minimum Gasteiger partial charge on any atom is -0.481 e. The van der Waals surface area contributed by atoms with Gasteiger partial charge in [0.05, 0.1) is 5.41 Å². The largest absolute Gasteiger partial charge is 0.481 e. The maximum absolute atomic E-state index is 12.9. The van der Waals surface area contributed by atoms with Crippen LogP contribution in [0.4, 0.5) is 0 Å². The van der Waals surface area contributed by atoms with Gasteiger partial charge in [0.25, 0.3) is 0 Å². The van der Waals surface area contributed by atoms with Crippen molar-refractivity contribution < 1.29 is 9.90 Å². The van der Waals surface area contributed by atoms with Crippen LogP contribution in [0.5, 0.6) is 0 Å². The van der Waals surface area contributed by atoms with E-state index < -0.39 is 27.2 Å². The fraction of sp³-hybridized carbons (Fsp3) is 0.138. The third kappa shape index (κ3) is 4.04. The number of rotatable bonds is 7. The highest BCUT2D eigenvalue weighted by Crippen LogP contribution is 2.73. The standard InChI is InChI=1S/C29H26O2P2/c1-29(28(30)31)26(32(22-14-6-2-7-15-22)23-16-8-3-9-17-23)27(29)33(24-18-10-4-11-19-24)25-20-12-5-13-21-25/h2-21,26-27H,1H3,(H,30,31)/t26-,27-/m0/s1. The molecule has 0 aliphatic heterocycles. The van der Waals surface area contributed by atoms with Crippen molar-refractivity contribution in [3.05, 3.63) is 121 Å². The van der Waals surface area contributed by atoms with E-state index in [4.69, 9.17) is 0 Å². The number of aliphatic carboxylic acids is 1. The summed E-state index contributed by atoms with van der Waals surface area (Å²) in [5, 5.41) is 15.5. The summed E-state index contributed by atoms with van der Waals surface area (Å²) in [7, 11) is -1.67. The van der Waals surface area contributed by atoms with Gasteiger partial charge in [-0.25, -0.2) is 0 Å². The molecule has 4 aromatic rings. The normalized spacial score (nSPS) is 21.8. The second-order valence-corrected chi connectivity index (χ2v) is 13.2. The number of hydrogen-bond donors (Lipinski definition) is 1. The molecule has 0 aromatic heterocycles. The Bertz CT molecular complexity index is 1050. The van der Waals surface area contributed by atoms with Gasteiger partial charge in [0.15, 0.2) is 0 Å². The molecule has 0 unspecified atom stereocenters. The van der Waals surface area contributed by atoms with E-state index >= 15 is 0 Å². The van der Waals surface area contributed by atoms with Gasteiger partial charge in [0.1, 0.15) is 0 Å². The van der Waals surface area contributed by atoms with Gasteiger partial charge in [-0.05, 0) is 44.0 Å². The molecule has 33 heavy (non-hydrogen) atoms. The van der Waals surface area contributed by atoms with E-state index in [9.17, 15) is 9.90 Å². The Morgan fingerprint density at radius 3 is 1.03 bits per heavy atom. The quantitative estimate of drug-likeness (QED) is 0.384. The molecule has 2 nitrogen and oxygen atoms in total. The van der Waals surface area contributed by atoms with E-state index in [1.54, 1.807) is 0 Å². The van der Waals surface area contributed by atoms with Crippen LogP contribution in [0.3, 0.4) is 0 Å². The van der Waals surface area contributed by atoms with Crippen LogP contribution >= 0.6 is 15.8 Å². The smallest absolute Gasteiger partial charge is 0.310 e. The van der Waals surface area contributed by atoms with Gasteiger partial charge in [-0.2, -0.15) is 0 Å². The predicted octanol–water partition coefficient (Wildman–Crippen LogP) is 5.09. The van der Waals surface area contributed by atoms with Crippen LogP contribution in [0.15, 0.2) is 121 Å². The minimum absolute atomic E-state index is 0.0568. The van der Waals surface area contributed by atoms with Crippen LogP contribution in [-0.2, 0) is 4.79 Å². The molecule has 0 amide bonds. The summed E-state index contributed by atoms with van der Waals surface area (Å²) < 4.78 is 0. The minimum atomic E-state index is -0.836. The lowest BCUT2D eigenvalue weighted by molar-refractivity contribution is -0.142. The van der Waals surface area contributed by atoms with Gasteiger partial charge in [0, 0.05) is 11.3 Å². The van der Waals surface area contributed by atoms with E-state index in [1.165, 1.54) is 21.2 Å².